The molecule has 4 rings (SSSR count). The molecule has 3 heterocycles. The molecule has 1 aliphatic carbocycles. The highest BCUT2D eigenvalue weighted by Crippen LogP contribution is 2.57. The van der Waals surface area contributed by atoms with Gasteiger partial charge in [0.2, 0.25) is 5.91 Å². The smallest absolute Gasteiger partial charge is 0.403 e. The molecule has 0 spiro atoms. The van der Waals surface area contributed by atoms with Crippen LogP contribution in [-0.4, -0.2) is 37.9 Å². The molecule has 33 heavy (non-hydrogen) atoms. The molecule has 0 aliphatic heterocycles. The van der Waals surface area contributed by atoms with Crippen LogP contribution in [0.2, 0.25) is 0 Å². The molecule has 12 heteroatoms. The van der Waals surface area contributed by atoms with Crippen molar-refractivity contribution in [2.24, 2.45) is 12.5 Å². The van der Waals surface area contributed by atoms with Crippen molar-refractivity contribution in [1.82, 2.24) is 25.1 Å². The van der Waals surface area contributed by atoms with E-state index in [2.05, 4.69) is 20.4 Å². The second-order valence-corrected chi connectivity index (χ2v) is 7.65. The largest absolute Gasteiger partial charge is 0.455 e. The van der Waals surface area contributed by atoms with Crippen molar-refractivity contribution in [2.75, 3.05) is 5.32 Å². The summed E-state index contributed by atoms with van der Waals surface area (Å²) in [5.41, 5.74) is -0.590. The Morgan fingerprint density at radius 3 is 2.58 bits per heavy atom. The summed E-state index contributed by atoms with van der Waals surface area (Å²) in [5.74, 6) is -0.423. The maximum absolute atomic E-state index is 13.0. The average molecular weight is 460 g/mol. The number of hydrogen-bond donors (Lipinski definition) is 2. The third-order valence-corrected chi connectivity index (χ3v) is 5.19. The van der Waals surface area contributed by atoms with Crippen LogP contribution in [0.4, 0.5) is 23.8 Å². The number of nitrogens with one attached hydrogen (secondary N) is 2. The van der Waals surface area contributed by atoms with Gasteiger partial charge in [0.25, 0.3) is 0 Å². The fourth-order valence-corrected chi connectivity index (χ4v) is 3.17. The first-order chi connectivity index (χ1) is 15.6. The van der Waals surface area contributed by atoms with Gasteiger partial charge in [-0.3, -0.25) is 25.1 Å². The minimum absolute atomic E-state index is 0.0489. The number of aromatic nitrogens is 4. The number of ether oxygens (including phenoxy) is 1. The summed E-state index contributed by atoms with van der Waals surface area (Å²) in [6.07, 6.45) is -0.294. The second kappa shape index (κ2) is 8.19. The van der Waals surface area contributed by atoms with Crippen LogP contribution < -0.4 is 15.4 Å². The van der Waals surface area contributed by atoms with Crippen molar-refractivity contribution in [1.29, 1.82) is 0 Å². The molecule has 0 radical (unpaired) electrons. The SMILES string of the molecule is Cc1nc(NC(=O)NC(=O)C2(C(F)(F)F)CC2)ccc1Oc1ccnc(-c2cnn(C)c2)c1. The van der Waals surface area contributed by atoms with E-state index in [1.54, 1.807) is 54.6 Å². The second-order valence-electron chi connectivity index (χ2n) is 7.65. The number of aryl methyl sites for hydroxylation is 2. The Bertz CT molecular complexity index is 1220. The number of urea groups is 1. The van der Waals surface area contributed by atoms with Gasteiger partial charge < -0.3 is 4.74 Å². The van der Waals surface area contributed by atoms with Gasteiger partial charge in [0.1, 0.15) is 22.7 Å². The summed E-state index contributed by atoms with van der Waals surface area (Å²) in [6.45, 7) is 1.63. The van der Waals surface area contributed by atoms with Crippen molar-refractivity contribution in [3.63, 3.8) is 0 Å². The van der Waals surface area contributed by atoms with Gasteiger partial charge in [-0.1, -0.05) is 0 Å². The molecule has 0 atom stereocenters. The predicted octanol–water partition coefficient (Wildman–Crippen LogP) is 3.97. The topological polar surface area (TPSA) is 111 Å². The lowest BCUT2D eigenvalue weighted by Gasteiger charge is -2.18. The molecule has 172 valence electrons. The first-order valence-corrected chi connectivity index (χ1v) is 9.87. The van der Waals surface area contributed by atoms with Gasteiger partial charge in [0.15, 0.2) is 0 Å². The summed E-state index contributed by atoms with van der Waals surface area (Å²) in [5, 5.41) is 8.12. The molecule has 0 unspecified atom stereocenters. The Morgan fingerprint density at radius 1 is 1.21 bits per heavy atom. The molecule has 2 N–H and O–H groups in total. The van der Waals surface area contributed by atoms with E-state index in [-0.39, 0.29) is 18.7 Å². The number of rotatable bonds is 5. The molecule has 3 amide bonds. The molecule has 9 nitrogen and oxygen atoms in total. The zero-order valence-corrected chi connectivity index (χ0v) is 17.6. The van der Waals surface area contributed by atoms with E-state index in [4.69, 9.17) is 4.74 Å². The van der Waals surface area contributed by atoms with Crippen molar-refractivity contribution >= 4 is 17.8 Å². The molecule has 1 fully saturated rings. The number of carbonyl (C=O) groups excluding carboxylic acids is 2. The number of amides is 3. The van der Waals surface area contributed by atoms with Gasteiger partial charge in [-0.05, 0) is 38.0 Å². The molecule has 0 bridgehead atoms. The van der Waals surface area contributed by atoms with Crippen LogP contribution in [0.15, 0.2) is 42.9 Å². The van der Waals surface area contributed by atoms with Crippen molar-refractivity contribution in [2.45, 2.75) is 25.9 Å². The Morgan fingerprint density at radius 2 is 1.97 bits per heavy atom. The highest BCUT2D eigenvalue weighted by molar-refractivity contribution is 6.03. The molecule has 3 aromatic rings. The van der Waals surface area contributed by atoms with Crippen LogP contribution in [0.5, 0.6) is 11.5 Å². The lowest BCUT2D eigenvalue weighted by atomic mass is 10.1. The van der Waals surface area contributed by atoms with Crippen LogP contribution in [0.1, 0.15) is 18.5 Å². The van der Waals surface area contributed by atoms with Crippen LogP contribution in [0.25, 0.3) is 11.3 Å². The van der Waals surface area contributed by atoms with Gasteiger partial charge in [0, 0.05) is 31.1 Å². The Kier molecular flexibility index (Phi) is 5.52. The van der Waals surface area contributed by atoms with Crippen LogP contribution in [0, 0.1) is 12.3 Å². The standard InChI is InChI=1S/C21H19F3N6O3/c1-12-16(33-14-5-8-25-15(9-14)13-10-26-30(2)11-13)3-4-17(27-12)28-19(32)29-18(31)20(6-7-20)21(22,23)24/h3-5,8-11H,6-7H2,1-2H3,(H2,27,28,29,31,32). The maximum Gasteiger partial charge on any atom is 0.403 e. The van der Waals surface area contributed by atoms with Crippen molar-refractivity contribution in [3.05, 3.63) is 48.5 Å². The molecule has 1 saturated carbocycles. The van der Waals surface area contributed by atoms with E-state index < -0.39 is 23.5 Å². The normalized spacial score (nSPS) is 14.5. The maximum atomic E-state index is 13.0. The first kappa shape index (κ1) is 22.2. The fourth-order valence-electron chi connectivity index (χ4n) is 3.17. The number of pyridine rings is 2. The van der Waals surface area contributed by atoms with Gasteiger partial charge in [-0.2, -0.15) is 18.3 Å². The number of anilines is 1. The molecule has 3 aromatic heterocycles. The monoisotopic (exact) mass is 460 g/mol. The van der Waals surface area contributed by atoms with Crippen LogP contribution >= 0.6 is 0 Å². The minimum Gasteiger partial charge on any atom is -0.455 e. The summed E-state index contributed by atoms with van der Waals surface area (Å²) < 4.78 is 46.5. The number of halogens is 3. The quantitative estimate of drug-likeness (QED) is 0.596. The number of imide groups is 1. The molecule has 0 aromatic carbocycles. The van der Waals surface area contributed by atoms with Gasteiger partial charge in [0.05, 0.1) is 17.6 Å². The molecular formula is C21H19F3N6O3. The van der Waals surface area contributed by atoms with E-state index in [0.29, 0.717) is 22.9 Å². The molecule has 1 aliphatic rings. The Balaban J connectivity index is 1.40. The first-order valence-electron chi connectivity index (χ1n) is 9.87. The summed E-state index contributed by atoms with van der Waals surface area (Å²) in [4.78, 5) is 32.3. The van der Waals surface area contributed by atoms with Crippen LogP contribution in [-0.2, 0) is 11.8 Å². The van der Waals surface area contributed by atoms with E-state index in [1.807, 2.05) is 6.20 Å². The van der Waals surface area contributed by atoms with Gasteiger partial charge in [-0.15, -0.1) is 0 Å². The van der Waals surface area contributed by atoms with E-state index in [1.165, 1.54) is 6.07 Å². The lowest BCUT2D eigenvalue weighted by molar-refractivity contribution is -0.191. The van der Waals surface area contributed by atoms with E-state index in [9.17, 15) is 22.8 Å². The van der Waals surface area contributed by atoms with E-state index >= 15 is 0 Å². The average Bonchev–Trinajstić information content (AvgIpc) is 3.46. The number of hydrogen-bond acceptors (Lipinski definition) is 6. The number of alkyl halides is 3. The summed E-state index contributed by atoms with van der Waals surface area (Å²) in [7, 11) is 1.80. The minimum atomic E-state index is -4.70. The zero-order chi connectivity index (χ0) is 23.8. The van der Waals surface area contributed by atoms with Gasteiger partial charge in [-0.25, -0.2) is 9.78 Å². The highest BCUT2D eigenvalue weighted by atomic mass is 19.4. The highest BCUT2D eigenvalue weighted by Gasteiger charge is 2.68. The summed E-state index contributed by atoms with van der Waals surface area (Å²) in [6, 6.07) is 5.26. The Labute approximate surface area is 186 Å². The van der Waals surface area contributed by atoms with Gasteiger partial charge >= 0.3 is 12.2 Å². The number of carbonyl (C=O) groups is 2. The Hall–Kier alpha value is -3.96. The zero-order valence-electron chi connectivity index (χ0n) is 17.6. The van der Waals surface area contributed by atoms with Crippen LogP contribution in [0.3, 0.4) is 0 Å². The predicted molar refractivity (Wildman–Crippen MR) is 110 cm³/mol. The number of nitrogens with zero attached hydrogens (tertiary/aromatic N) is 4. The fraction of sp³-hybridized carbons (Fsp3) is 0.286. The summed E-state index contributed by atoms with van der Waals surface area (Å²) >= 11 is 0. The molecule has 0 saturated heterocycles. The van der Waals surface area contributed by atoms with E-state index in [0.717, 1.165) is 5.56 Å². The third-order valence-electron chi connectivity index (χ3n) is 5.19. The lowest BCUT2D eigenvalue weighted by Crippen LogP contribution is -2.45. The molecular weight excluding hydrogens is 441 g/mol. The third kappa shape index (κ3) is 4.64. The van der Waals surface area contributed by atoms with Crippen molar-refractivity contribution < 1.29 is 27.5 Å². The van der Waals surface area contributed by atoms with Crippen molar-refractivity contribution in [3.8, 4) is 22.8 Å².